The third-order valence-electron chi connectivity index (χ3n) is 3.73. The Morgan fingerprint density at radius 3 is 2.90 bits per heavy atom. The Morgan fingerprint density at radius 2 is 2.25 bits per heavy atom. The van der Waals surface area contributed by atoms with Crippen LogP contribution in [0, 0.1) is 0 Å². The number of hydrogen-bond acceptors (Lipinski definition) is 4. The molecule has 1 N–H and O–H groups in total. The maximum Gasteiger partial charge on any atom is 0.124 e. The van der Waals surface area contributed by atoms with Crippen LogP contribution in [0.2, 0.25) is 0 Å². The lowest BCUT2D eigenvalue weighted by Crippen LogP contribution is -2.22. The van der Waals surface area contributed by atoms with E-state index < -0.39 is 0 Å². The zero-order chi connectivity index (χ0) is 14.4. The second kappa shape index (κ2) is 7.91. The molecule has 0 aromatic heterocycles. The van der Waals surface area contributed by atoms with Crippen molar-refractivity contribution in [3.8, 4) is 5.75 Å². The van der Waals surface area contributed by atoms with Crippen LogP contribution >= 0.6 is 11.8 Å². The fourth-order valence-electron chi connectivity index (χ4n) is 2.53. The summed E-state index contributed by atoms with van der Waals surface area (Å²) < 4.78 is 11.4. The summed E-state index contributed by atoms with van der Waals surface area (Å²) in [6.07, 6.45) is 1.54. The Bertz CT molecular complexity index is 413. The normalized spacial score (nSPS) is 23.8. The summed E-state index contributed by atoms with van der Waals surface area (Å²) in [7, 11) is 2.02. The highest BCUT2D eigenvalue weighted by atomic mass is 32.2. The molecule has 1 heterocycles. The molecule has 1 fully saturated rings. The Kier molecular flexibility index (Phi) is 6.20. The summed E-state index contributed by atoms with van der Waals surface area (Å²) in [4.78, 5) is 0. The lowest BCUT2D eigenvalue weighted by molar-refractivity contribution is 0.127. The SMILES string of the molecule is CCOc1ccccc1C(CSC1CCOC1C)NC. The van der Waals surface area contributed by atoms with Gasteiger partial charge in [-0.15, -0.1) is 0 Å². The molecule has 3 nitrogen and oxygen atoms in total. The van der Waals surface area contributed by atoms with Gasteiger partial charge in [-0.1, -0.05) is 18.2 Å². The summed E-state index contributed by atoms with van der Waals surface area (Å²) in [6.45, 7) is 5.80. The zero-order valence-corrected chi connectivity index (χ0v) is 13.4. The van der Waals surface area contributed by atoms with Gasteiger partial charge in [0.1, 0.15) is 5.75 Å². The van der Waals surface area contributed by atoms with Gasteiger partial charge < -0.3 is 14.8 Å². The van der Waals surface area contributed by atoms with Crippen molar-refractivity contribution in [3.63, 3.8) is 0 Å². The lowest BCUT2D eigenvalue weighted by atomic mass is 10.1. The first kappa shape index (κ1) is 15.7. The first-order valence-electron chi connectivity index (χ1n) is 7.38. The van der Waals surface area contributed by atoms with Crippen molar-refractivity contribution in [3.05, 3.63) is 29.8 Å². The highest BCUT2D eigenvalue weighted by molar-refractivity contribution is 8.00. The molecule has 1 aliphatic heterocycles. The lowest BCUT2D eigenvalue weighted by Gasteiger charge is -2.22. The molecule has 0 saturated carbocycles. The highest BCUT2D eigenvalue weighted by Crippen LogP contribution is 2.32. The van der Waals surface area contributed by atoms with Gasteiger partial charge in [-0.3, -0.25) is 0 Å². The van der Waals surface area contributed by atoms with E-state index >= 15 is 0 Å². The van der Waals surface area contributed by atoms with Crippen LogP contribution in [0.1, 0.15) is 31.9 Å². The predicted octanol–water partition coefficient (Wildman–Crippen LogP) is 3.26. The van der Waals surface area contributed by atoms with E-state index in [-0.39, 0.29) is 0 Å². The van der Waals surface area contributed by atoms with Gasteiger partial charge in [-0.2, -0.15) is 11.8 Å². The molecule has 20 heavy (non-hydrogen) atoms. The molecule has 1 aliphatic rings. The van der Waals surface area contributed by atoms with E-state index in [4.69, 9.17) is 9.47 Å². The van der Waals surface area contributed by atoms with Crippen molar-refractivity contribution in [1.29, 1.82) is 0 Å². The Morgan fingerprint density at radius 1 is 1.45 bits per heavy atom. The first-order chi connectivity index (χ1) is 9.76. The van der Waals surface area contributed by atoms with Crippen LogP contribution in [-0.4, -0.2) is 37.4 Å². The van der Waals surface area contributed by atoms with E-state index in [1.54, 1.807) is 0 Å². The highest BCUT2D eigenvalue weighted by Gasteiger charge is 2.26. The molecule has 112 valence electrons. The van der Waals surface area contributed by atoms with Crippen molar-refractivity contribution in [1.82, 2.24) is 5.32 Å². The van der Waals surface area contributed by atoms with Crippen molar-refractivity contribution >= 4 is 11.8 Å². The maximum absolute atomic E-state index is 5.74. The summed E-state index contributed by atoms with van der Waals surface area (Å²) >= 11 is 2.00. The number of thioether (sulfide) groups is 1. The van der Waals surface area contributed by atoms with Crippen molar-refractivity contribution in [2.75, 3.05) is 26.0 Å². The van der Waals surface area contributed by atoms with Gasteiger partial charge in [0.2, 0.25) is 0 Å². The van der Waals surface area contributed by atoms with Crippen LogP contribution in [0.3, 0.4) is 0 Å². The van der Waals surface area contributed by atoms with Crippen LogP contribution in [-0.2, 0) is 4.74 Å². The van der Waals surface area contributed by atoms with Gasteiger partial charge in [0.25, 0.3) is 0 Å². The molecule has 0 aliphatic carbocycles. The third-order valence-corrected chi connectivity index (χ3v) is 5.30. The Labute approximate surface area is 126 Å². The summed E-state index contributed by atoms with van der Waals surface area (Å²) in [5.41, 5.74) is 1.25. The molecular formula is C16H25NO2S. The molecule has 1 saturated heterocycles. The molecule has 3 unspecified atom stereocenters. The van der Waals surface area contributed by atoms with Crippen LogP contribution in [0.4, 0.5) is 0 Å². The molecule has 0 radical (unpaired) electrons. The molecule has 0 spiro atoms. The van der Waals surface area contributed by atoms with Gasteiger partial charge in [0.15, 0.2) is 0 Å². The summed E-state index contributed by atoms with van der Waals surface area (Å²) in [6, 6.07) is 8.63. The van der Waals surface area contributed by atoms with Crippen LogP contribution in [0.25, 0.3) is 0 Å². The molecule has 1 aromatic rings. The average molecular weight is 295 g/mol. The van der Waals surface area contributed by atoms with Gasteiger partial charge in [-0.25, -0.2) is 0 Å². The van der Waals surface area contributed by atoms with E-state index in [1.165, 1.54) is 5.56 Å². The standard InChI is InChI=1S/C16H25NO2S/c1-4-18-15-8-6-5-7-13(15)14(17-3)11-20-16-9-10-19-12(16)2/h5-8,12,14,16-17H,4,9-11H2,1-3H3. The van der Waals surface area contributed by atoms with E-state index in [0.29, 0.717) is 24.0 Å². The Hall–Kier alpha value is -0.710. The van der Waals surface area contributed by atoms with Gasteiger partial charge in [0, 0.05) is 29.2 Å². The van der Waals surface area contributed by atoms with E-state index in [1.807, 2.05) is 31.8 Å². The molecule has 0 amide bonds. The van der Waals surface area contributed by atoms with Crippen molar-refractivity contribution in [2.45, 2.75) is 37.7 Å². The van der Waals surface area contributed by atoms with E-state index in [0.717, 1.165) is 24.5 Å². The van der Waals surface area contributed by atoms with Crippen LogP contribution < -0.4 is 10.1 Å². The van der Waals surface area contributed by atoms with Gasteiger partial charge >= 0.3 is 0 Å². The molecule has 4 heteroatoms. The molecular weight excluding hydrogens is 270 g/mol. The second-order valence-corrected chi connectivity index (χ2v) is 6.32. The summed E-state index contributed by atoms with van der Waals surface area (Å²) in [5, 5.41) is 4.03. The number of para-hydroxylation sites is 1. The van der Waals surface area contributed by atoms with E-state index in [2.05, 4.69) is 30.4 Å². The quantitative estimate of drug-likeness (QED) is 0.836. The topological polar surface area (TPSA) is 30.5 Å². The monoisotopic (exact) mass is 295 g/mol. The minimum Gasteiger partial charge on any atom is -0.494 e. The van der Waals surface area contributed by atoms with Gasteiger partial charge in [0.05, 0.1) is 12.7 Å². The second-order valence-electron chi connectivity index (χ2n) is 5.05. The largest absolute Gasteiger partial charge is 0.494 e. The molecule has 3 atom stereocenters. The van der Waals surface area contributed by atoms with Crippen LogP contribution in [0.5, 0.6) is 5.75 Å². The molecule has 2 rings (SSSR count). The zero-order valence-electron chi connectivity index (χ0n) is 12.6. The number of ether oxygens (including phenoxy) is 2. The number of benzene rings is 1. The molecule has 0 bridgehead atoms. The Balaban J connectivity index is 2.00. The van der Waals surface area contributed by atoms with Crippen LogP contribution in [0.15, 0.2) is 24.3 Å². The fraction of sp³-hybridized carbons (Fsp3) is 0.625. The minimum absolute atomic E-state index is 0.315. The minimum atomic E-state index is 0.315. The smallest absolute Gasteiger partial charge is 0.124 e. The van der Waals surface area contributed by atoms with Gasteiger partial charge in [-0.05, 0) is 33.4 Å². The third kappa shape index (κ3) is 3.90. The summed E-state index contributed by atoms with van der Waals surface area (Å²) in [5.74, 6) is 2.03. The van der Waals surface area contributed by atoms with E-state index in [9.17, 15) is 0 Å². The predicted molar refractivity (Wildman–Crippen MR) is 85.7 cm³/mol. The van der Waals surface area contributed by atoms with Crippen molar-refractivity contribution < 1.29 is 9.47 Å². The first-order valence-corrected chi connectivity index (χ1v) is 8.43. The number of hydrogen-bond donors (Lipinski definition) is 1. The van der Waals surface area contributed by atoms with Crippen molar-refractivity contribution in [2.24, 2.45) is 0 Å². The fourth-order valence-corrected chi connectivity index (χ4v) is 3.93. The number of nitrogens with one attached hydrogen (secondary N) is 1. The molecule has 1 aromatic carbocycles. The maximum atomic E-state index is 5.74. The number of rotatable bonds is 7. The average Bonchev–Trinajstić information content (AvgIpc) is 2.87.